The van der Waals surface area contributed by atoms with Crippen LogP contribution in [0.2, 0.25) is 0 Å². The summed E-state index contributed by atoms with van der Waals surface area (Å²) >= 11 is 0. The topological polar surface area (TPSA) is 54.5 Å². The van der Waals surface area contributed by atoms with Gasteiger partial charge in [0.05, 0.1) is 19.3 Å². The van der Waals surface area contributed by atoms with Crippen molar-refractivity contribution < 1.29 is 9.53 Å². The van der Waals surface area contributed by atoms with Crippen LogP contribution in [-0.4, -0.2) is 41.5 Å². The van der Waals surface area contributed by atoms with Crippen LogP contribution < -0.4 is 5.32 Å². The molecule has 1 aliphatic heterocycles. The van der Waals surface area contributed by atoms with E-state index in [1.165, 1.54) is 11.1 Å². The van der Waals surface area contributed by atoms with Gasteiger partial charge in [-0.1, -0.05) is 30.3 Å². The van der Waals surface area contributed by atoms with E-state index >= 15 is 0 Å². The number of aryl methyl sites for hydroxylation is 1. The Hall–Kier alpha value is -2.24. The molecular formula is C20H25N3O2. The predicted octanol–water partition coefficient (Wildman–Crippen LogP) is 2.47. The molecule has 1 N–H and O–H groups in total. The Kier molecular flexibility index (Phi) is 5.79. The van der Waals surface area contributed by atoms with Crippen LogP contribution in [0.3, 0.4) is 0 Å². The van der Waals surface area contributed by atoms with Crippen LogP contribution in [0.25, 0.3) is 0 Å². The van der Waals surface area contributed by atoms with E-state index in [0.717, 1.165) is 12.1 Å². The third-order valence-electron chi connectivity index (χ3n) is 4.66. The van der Waals surface area contributed by atoms with Crippen LogP contribution >= 0.6 is 0 Å². The van der Waals surface area contributed by atoms with Gasteiger partial charge in [0.15, 0.2) is 0 Å². The number of carbonyl (C=O) groups excluding carboxylic acids is 1. The van der Waals surface area contributed by atoms with Crippen molar-refractivity contribution in [3.8, 4) is 0 Å². The van der Waals surface area contributed by atoms with Gasteiger partial charge in [0, 0.05) is 31.5 Å². The van der Waals surface area contributed by atoms with Crippen LogP contribution in [0.1, 0.15) is 29.7 Å². The highest BCUT2D eigenvalue weighted by molar-refractivity contribution is 5.78. The number of aromatic nitrogens is 1. The second-order valence-corrected chi connectivity index (χ2v) is 6.60. The van der Waals surface area contributed by atoms with Crippen molar-refractivity contribution in [2.45, 2.75) is 32.5 Å². The average molecular weight is 339 g/mol. The molecule has 1 saturated heterocycles. The van der Waals surface area contributed by atoms with E-state index in [1.54, 1.807) is 12.4 Å². The number of pyridine rings is 1. The van der Waals surface area contributed by atoms with Gasteiger partial charge in [-0.2, -0.15) is 0 Å². The Morgan fingerprint density at radius 1 is 1.32 bits per heavy atom. The molecule has 2 unspecified atom stereocenters. The molecule has 1 aromatic carbocycles. The number of carbonyl (C=O) groups is 1. The molecule has 0 spiro atoms. The molecule has 3 rings (SSSR count). The number of amides is 1. The predicted molar refractivity (Wildman–Crippen MR) is 97.0 cm³/mol. The van der Waals surface area contributed by atoms with Crippen molar-refractivity contribution >= 4 is 5.91 Å². The van der Waals surface area contributed by atoms with Crippen LogP contribution in [0.5, 0.6) is 0 Å². The third kappa shape index (κ3) is 4.65. The molecule has 1 fully saturated rings. The zero-order chi connectivity index (χ0) is 17.6. The highest BCUT2D eigenvalue weighted by Crippen LogP contribution is 2.26. The van der Waals surface area contributed by atoms with Crippen LogP contribution in [0, 0.1) is 6.92 Å². The Balaban J connectivity index is 1.57. The van der Waals surface area contributed by atoms with E-state index in [9.17, 15) is 4.79 Å². The van der Waals surface area contributed by atoms with Crippen molar-refractivity contribution in [1.82, 2.24) is 15.2 Å². The molecule has 2 aromatic rings. The minimum Gasteiger partial charge on any atom is -0.371 e. The van der Waals surface area contributed by atoms with Crippen molar-refractivity contribution in [2.24, 2.45) is 0 Å². The molecule has 0 aliphatic carbocycles. The molecule has 0 radical (unpaired) electrons. The van der Waals surface area contributed by atoms with Crippen molar-refractivity contribution in [3.63, 3.8) is 0 Å². The van der Waals surface area contributed by atoms with E-state index in [-0.39, 0.29) is 18.1 Å². The lowest BCUT2D eigenvalue weighted by Crippen LogP contribution is -2.49. The summed E-state index contributed by atoms with van der Waals surface area (Å²) in [6, 6.07) is 12.3. The monoisotopic (exact) mass is 339 g/mol. The Labute approximate surface area is 149 Å². The van der Waals surface area contributed by atoms with Crippen LogP contribution in [0.15, 0.2) is 48.8 Å². The second-order valence-electron chi connectivity index (χ2n) is 6.60. The minimum absolute atomic E-state index is 0.0172. The largest absolute Gasteiger partial charge is 0.371 e. The van der Waals surface area contributed by atoms with E-state index in [0.29, 0.717) is 19.7 Å². The summed E-state index contributed by atoms with van der Waals surface area (Å²) in [6.07, 6.45) is 3.52. The fraction of sp³-hybridized carbons (Fsp3) is 0.400. The maximum Gasteiger partial charge on any atom is 0.234 e. The fourth-order valence-corrected chi connectivity index (χ4v) is 3.11. The van der Waals surface area contributed by atoms with E-state index in [2.05, 4.69) is 41.2 Å². The number of benzene rings is 1. The lowest BCUT2D eigenvalue weighted by molar-refractivity contribution is -0.126. The molecule has 1 aliphatic rings. The number of ether oxygens (including phenoxy) is 1. The molecule has 0 saturated carbocycles. The first-order valence-corrected chi connectivity index (χ1v) is 8.70. The Bertz CT molecular complexity index is 705. The number of hydrogen-bond donors (Lipinski definition) is 1. The summed E-state index contributed by atoms with van der Waals surface area (Å²) in [5.41, 5.74) is 3.43. The maximum absolute atomic E-state index is 12.3. The first-order valence-electron chi connectivity index (χ1n) is 8.70. The van der Waals surface area contributed by atoms with Crippen LogP contribution in [0.4, 0.5) is 0 Å². The maximum atomic E-state index is 12.3. The van der Waals surface area contributed by atoms with Gasteiger partial charge < -0.3 is 10.1 Å². The standard InChI is InChI=1S/C20H25N3O2/c1-15-6-3-4-8-18(15)19-12-23(16(2)14-25-19)13-20(24)22-11-17-7-5-9-21-10-17/h3-10,16,19H,11-14H2,1-2H3,(H,22,24). The molecule has 2 atom stereocenters. The molecule has 5 nitrogen and oxygen atoms in total. The van der Waals surface area contributed by atoms with Crippen molar-refractivity contribution in [3.05, 3.63) is 65.5 Å². The third-order valence-corrected chi connectivity index (χ3v) is 4.66. The summed E-state index contributed by atoms with van der Waals surface area (Å²) < 4.78 is 6.02. The van der Waals surface area contributed by atoms with Gasteiger partial charge in [0.25, 0.3) is 0 Å². The van der Waals surface area contributed by atoms with Crippen molar-refractivity contribution in [1.29, 1.82) is 0 Å². The molecule has 1 amide bonds. The van der Waals surface area contributed by atoms with Gasteiger partial charge in [-0.3, -0.25) is 14.7 Å². The van der Waals surface area contributed by atoms with E-state index < -0.39 is 0 Å². The number of morpholine rings is 1. The number of hydrogen-bond acceptors (Lipinski definition) is 4. The minimum atomic E-state index is 0.0172. The Morgan fingerprint density at radius 2 is 2.16 bits per heavy atom. The highest BCUT2D eigenvalue weighted by Gasteiger charge is 2.29. The number of nitrogens with zero attached hydrogens (tertiary/aromatic N) is 2. The lowest BCUT2D eigenvalue weighted by atomic mass is 10.0. The van der Waals surface area contributed by atoms with Gasteiger partial charge >= 0.3 is 0 Å². The smallest absolute Gasteiger partial charge is 0.234 e. The molecule has 1 aromatic heterocycles. The second kappa shape index (κ2) is 8.23. The molecule has 2 heterocycles. The summed E-state index contributed by atoms with van der Waals surface area (Å²) in [5.74, 6) is 0.0288. The first kappa shape index (κ1) is 17.6. The fourth-order valence-electron chi connectivity index (χ4n) is 3.11. The number of rotatable bonds is 5. The Morgan fingerprint density at radius 3 is 2.92 bits per heavy atom. The quantitative estimate of drug-likeness (QED) is 0.909. The van der Waals surface area contributed by atoms with Crippen LogP contribution in [-0.2, 0) is 16.1 Å². The van der Waals surface area contributed by atoms with Gasteiger partial charge in [0.1, 0.15) is 0 Å². The van der Waals surface area contributed by atoms with Gasteiger partial charge in [0.2, 0.25) is 5.91 Å². The summed E-state index contributed by atoms with van der Waals surface area (Å²) in [4.78, 5) is 18.6. The van der Waals surface area contributed by atoms with Gasteiger partial charge in [-0.25, -0.2) is 0 Å². The molecular weight excluding hydrogens is 314 g/mol. The summed E-state index contributed by atoms with van der Waals surface area (Å²) in [5, 5.41) is 2.97. The first-order chi connectivity index (χ1) is 12.1. The molecule has 132 valence electrons. The lowest BCUT2D eigenvalue weighted by Gasteiger charge is -2.38. The summed E-state index contributed by atoms with van der Waals surface area (Å²) in [7, 11) is 0. The molecule has 5 heteroatoms. The highest BCUT2D eigenvalue weighted by atomic mass is 16.5. The van der Waals surface area contributed by atoms with Gasteiger partial charge in [-0.05, 0) is 36.6 Å². The van der Waals surface area contributed by atoms with Crippen molar-refractivity contribution in [2.75, 3.05) is 19.7 Å². The normalized spacial score (nSPS) is 21.0. The SMILES string of the molecule is Cc1ccccc1C1CN(CC(=O)NCc2cccnc2)C(C)CO1. The zero-order valence-corrected chi connectivity index (χ0v) is 14.8. The zero-order valence-electron chi connectivity index (χ0n) is 14.8. The van der Waals surface area contributed by atoms with Gasteiger partial charge in [-0.15, -0.1) is 0 Å². The number of nitrogens with one attached hydrogen (secondary N) is 1. The molecule has 0 bridgehead atoms. The molecule has 25 heavy (non-hydrogen) atoms. The van der Waals surface area contributed by atoms with E-state index in [1.807, 2.05) is 24.3 Å². The summed E-state index contributed by atoms with van der Waals surface area (Å²) in [6.45, 7) is 6.45. The average Bonchev–Trinajstić information content (AvgIpc) is 2.63. The van der Waals surface area contributed by atoms with E-state index in [4.69, 9.17) is 4.74 Å².